The van der Waals surface area contributed by atoms with Gasteiger partial charge in [0.05, 0.1) is 28.8 Å². The molecule has 10 heteroatoms. The average molecular weight is 367 g/mol. The van der Waals surface area contributed by atoms with Crippen LogP contribution in [0.1, 0.15) is 16.2 Å². The van der Waals surface area contributed by atoms with Crippen LogP contribution in [0.5, 0.6) is 5.75 Å². The number of phenolic OH excluding ortho intramolecular Hbond substituents is 1. The summed E-state index contributed by atoms with van der Waals surface area (Å²) in [6.07, 6.45) is 1.39. The minimum atomic E-state index is -0.408. The summed E-state index contributed by atoms with van der Waals surface area (Å²) >= 11 is 0. The van der Waals surface area contributed by atoms with Gasteiger partial charge in [-0.05, 0) is 46.8 Å². The maximum atomic E-state index is 13.3. The molecular formula is C17H14FN7O2. The number of aromatic amines is 1. The number of imidazole rings is 1. The molecule has 4 aromatic rings. The van der Waals surface area contributed by atoms with Crippen molar-refractivity contribution in [3.8, 4) is 11.4 Å². The highest BCUT2D eigenvalue weighted by Crippen LogP contribution is 2.22. The Balaban J connectivity index is 1.59. The number of nitrogens with zero attached hydrogens (tertiary/aromatic N) is 6. The van der Waals surface area contributed by atoms with Crippen LogP contribution < -0.4 is 0 Å². The van der Waals surface area contributed by atoms with E-state index in [2.05, 4.69) is 25.5 Å². The van der Waals surface area contributed by atoms with Crippen LogP contribution in [0.15, 0.2) is 42.7 Å². The molecule has 1 amide bonds. The van der Waals surface area contributed by atoms with Crippen LogP contribution >= 0.6 is 0 Å². The van der Waals surface area contributed by atoms with Crippen LogP contribution in [0.25, 0.3) is 16.7 Å². The molecule has 2 heterocycles. The van der Waals surface area contributed by atoms with Gasteiger partial charge in [-0.15, -0.1) is 5.10 Å². The molecule has 0 fully saturated rings. The summed E-state index contributed by atoms with van der Waals surface area (Å²) in [4.78, 5) is 21.5. The van der Waals surface area contributed by atoms with Gasteiger partial charge in [0.1, 0.15) is 23.7 Å². The molecule has 27 heavy (non-hydrogen) atoms. The van der Waals surface area contributed by atoms with Crippen LogP contribution in [0.3, 0.4) is 0 Å². The first-order chi connectivity index (χ1) is 13.0. The molecular weight excluding hydrogens is 353 g/mol. The molecule has 4 rings (SSSR count). The fourth-order valence-electron chi connectivity index (χ4n) is 2.73. The quantitative estimate of drug-likeness (QED) is 0.567. The molecule has 2 aromatic carbocycles. The van der Waals surface area contributed by atoms with Crippen molar-refractivity contribution < 1.29 is 14.3 Å². The van der Waals surface area contributed by atoms with Gasteiger partial charge in [0.15, 0.2) is 0 Å². The van der Waals surface area contributed by atoms with Crippen molar-refractivity contribution in [1.82, 2.24) is 35.1 Å². The minimum absolute atomic E-state index is 0.104. The standard InChI is InChI=1S/C17H14FN7O2/c1-24(8-16-20-13-4-2-10(18)6-14(13)21-16)17(27)12-7-11(3-5-15(12)26)25-9-19-22-23-25/h2-7,9,26H,8H2,1H3,(H,20,21). The van der Waals surface area contributed by atoms with Crippen molar-refractivity contribution in [2.45, 2.75) is 6.54 Å². The Labute approximate surface area is 152 Å². The largest absolute Gasteiger partial charge is 0.507 e. The second kappa shape index (κ2) is 6.48. The van der Waals surface area contributed by atoms with Crippen LogP contribution in [-0.2, 0) is 6.54 Å². The zero-order valence-corrected chi connectivity index (χ0v) is 14.2. The smallest absolute Gasteiger partial charge is 0.257 e. The second-order valence-electron chi connectivity index (χ2n) is 5.96. The molecule has 0 aliphatic heterocycles. The summed E-state index contributed by atoms with van der Waals surface area (Å²) in [5.74, 6) is -0.432. The molecule has 136 valence electrons. The fourth-order valence-corrected chi connectivity index (χ4v) is 2.73. The minimum Gasteiger partial charge on any atom is -0.507 e. The van der Waals surface area contributed by atoms with E-state index in [9.17, 15) is 14.3 Å². The number of nitrogens with one attached hydrogen (secondary N) is 1. The molecule has 2 N–H and O–H groups in total. The molecule has 0 aliphatic carbocycles. The molecule has 0 unspecified atom stereocenters. The van der Waals surface area contributed by atoms with E-state index in [-0.39, 0.29) is 23.7 Å². The summed E-state index contributed by atoms with van der Waals surface area (Å²) in [5, 5.41) is 21.0. The topological polar surface area (TPSA) is 113 Å². The average Bonchev–Trinajstić information content (AvgIpc) is 3.30. The lowest BCUT2D eigenvalue weighted by Crippen LogP contribution is -2.27. The van der Waals surface area contributed by atoms with E-state index in [0.29, 0.717) is 22.5 Å². The summed E-state index contributed by atoms with van der Waals surface area (Å²) in [6, 6.07) is 8.73. The van der Waals surface area contributed by atoms with Gasteiger partial charge in [-0.3, -0.25) is 4.79 Å². The Morgan fingerprint density at radius 2 is 2.15 bits per heavy atom. The van der Waals surface area contributed by atoms with E-state index in [1.165, 1.54) is 40.2 Å². The number of carbonyl (C=O) groups is 1. The number of halogens is 1. The van der Waals surface area contributed by atoms with Gasteiger partial charge in [-0.1, -0.05) is 0 Å². The Morgan fingerprint density at radius 1 is 1.30 bits per heavy atom. The first-order valence-corrected chi connectivity index (χ1v) is 7.97. The number of hydrogen-bond donors (Lipinski definition) is 2. The van der Waals surface area contributed by atoms with Gasteiger partial charge in [-0.2, -0.15) is 0 Å². The number of rotatable bonds is 4. The van der Waals surface area contributed by atoms with Crippen molar-refractivity contribution in [2.75, 3.05) is 7.05 Å². The van der Waals surface area contributed by atoms with Crippen molar-refractivity contribution in [2.24, 2.45) is 0 Å². The highest BCUT2D eigenvalue weighted by Gasteiger charge is 2.18. The van der Waals surface area contributed by atoms with E-state index in [1.807, 2.05) is 0 Å². The van der Waals surface area contributed by atoms with Gasteiger partial charge >= 0.3 is 0 Å². The van der Waals surface area contributed by atoms with E-state index in [0.717, 1.165) is 0 Å². The van der Waals surface area contributed by atoms with Crippen molar-refractivity contribution in [3.05, 3.63) is 59.9 Å². The maximum absolute atomic E-state index is 13.3. The Kier molecular flexibility index (Phi) is 3.99. The summed E-state index contributed by atoms with van der Waals surface area (Å²) in [5.41, 5.74) is 1.80. The first-order valence-electron chi connectivity index (χ1n) is 7.97. The number of aromatic nitrogens is 6. The molecule has 0 spiro atoms. The molecule has 0 bridgehead atoms. The molecule has 2 aromatic heterocycles. The van der Waals surface area contributed by atoms with Gasteiger partial charge in [0, 0.05) is 7.05 Å². The van der Waals surface area contributed by atoms with Crippen molar-refractivity contribution in [1.29, 1.82) is 0 Å². The molecule has 0 radical (unpaired) electrons. The molecule has 0 saturated carbocycles. The third-order valence-electron chi connectivity index (χ3n) is 4.05. The molecule has 9 nitrogen and oxygen atoms in total. The third-order valence-corrected chi connectivity index (χ3v) is 4.05. The number of aromatic hydroxyl groups is 1. The van der Waals surface area contributed by atoms with E-state index in [1.54, 1.807) is 19.2 Å². The molecule has 0 atom stereocenters. The number of tetrazole rings is 1. The highest BCUT2D eigenvalue weighted by atomic mass is 19.1. The van der Waals surface area contributed by atoms with Crippen LogP contribution in [-0.4, -0.2) is 53.1 Å². The third kappa shape index (κ3) is 3.19. The number of H-pyrrole nitrogens is 1. The summed E-state index contributed by atoms with van der Waals surface area (Å²) < 4.78 is 14.7. The first kappa shape index (κ1) is 16.6. The Hall–Kier alpha value is -3.82. The predicted molar refractivity (Wildman–Crippen MR) is 92.7 cm³/mol. The maximum Gasteiger partial charge on any atom is 0.257 e. The SMILES string of the molecule is CN(Cc1nc2ccc(F)cc2[nH]1)C(=O)c1cc(-n2cnnn2)ccc1O. The van der Waals surface area contributed by atoms with Crippen LogP contribution in [0, 0.1) is 5.82 Å². The number of carbonyl (C=O) groups excluding carboxylic acids is 1. The van der Waals surface area contributed by atoms with Crippen molar-refractivity contribution >= 4 is 16.9 Å². The van der Waals surface area contributed by atoms with Crippen molar-refractivity contribution in [3.63, 3.8) is 0 Å². The van der Waals surface area contributed by atoms with E-state index < -0.39 is 5.91 Å². The normalized spacial score (nSPS) is 11.0. The van der Waals surface area contributed by atoms with E-state index in [4.69, 9.17) is 0 Å². The lowest BCUT2D eigenvalue weighted by molar-refractivity contribution is 0.0779. The number of fused-ring (bicyclic) bond motifs is 1. The number of benzene rings is 2. The summed E-state index contributed by atoms with van der Waals surface area (Å²) in [6.45, 7) is 0.156. The lowest BCUT2D eigenvalue weighted by Gasteiger charge is -2.17. The summed E-state index contributed by atoms with van der Waals surface area (Å²) in [7, 11) is 1.58. The van der Waals surface area contributed by atoms with Gasteiger partial charge < -0.3 is 15.0 Å². The Bertz CT molecular complexity index is 1120. The second-order valence-corrected chi connectivity index (χ2v) is 5.96. The number of phenols is 1. The number of hydrogen-bond acceptors (Lipinski definition) is 6. The fraction of sp³-hybridized carbons (Fsp3) is 0.118. The number of amides is 1. The van der Waals surface area contributed by atoms with Gasteiger partial charge in [-0.25, -0.2) is 14.1 Å². The zero-order chi connectivity index (χ0) is 19.0. The van der Waals surface area contributed by atoms with Crippen LogP contribution in [0.2, 0.25) is 0 Å². The van der Waals surface area contributed by atoms with Crippen LogP contribution in [0.4, 0.5) is 4.39 Å². The monoisotopic (exact) mass is 367 g/mol. The van der Waals surface area contributed by atoms with Gasteiger partial charge in [0.2, 0.25) is 0 Å². The van der Waals surface area contributed by atoms with E-state index >= 15 is 0 Å². The Morgan fingerprint density at radius 3 is 2.93 bits per heavy atom. The zero-order valence-electron chi connectivity index (χ0n) is 14.2. The highest BCUT2D eigenvalue weighted by molar-refractivity contribution is 5.97. The molecule has 0 aliphatic rings. The van der Waals surface area contributed by atoms with Gasteiger partial charge in [0.25, 0.3) is 5.91 Å². The molecule has 0 saturated heterocycles. The predicted octanol–water partition coefficient (Wildman–Crippen LogP) is 1.66. The lowest BCUT2D eigenvalue weighted by atomic mass is 10.1.